The van der Waals surface area contributed by atoms with Crippen molar-refractivity contribution in [2.45, 2.75) is 33.4 Å². The van der Waals surface area contributed by atoms with Gasteiger partial charge in [0.05, 0.1) is 62.1 Å². The molecule has 18 nitrogen and oxygen atoms in total. The molecule has 0 saturated carbocycles. The van der Waals surface area contributed by atoms with E-state index in [1.54, 1.807) is 0 Å². The Morgan fingerprint density at radius 3 is 1.80 bits per heavy atom. The van der Waals surface area contributed by atoms with Gasteiger partial charge in [-0.05, 0) is 62.4 Å². The van der Waals surface area contributed by atoms with Gasteiger partial charge < -0.3 is 19.6 Å². The van der Waals surface area contributed by atoms with Crippen molar-refractivity contribution in [3.63, 3.8) is 0 Å². The van der Waals surface area contributed by atoms with Gasteiger partial charge in [0.2, 0.25) is 0 Å². The van der Waals surface area contributed by atoms with Crippen molar-refractivity contribution >= 4 is 67.7 Å². The maximum atomic E-state index is 13.3. The fourth-order valence-electron chi connectivity index (χ4n) is 4.01. The minimum absolute atomic E-state index is 0. The van der Waals surface area contributed by atoms with Crippen molar-refractivity contribution in [1.82, 2.24) is 9.78 Å². The van der Waals surface area contributed by atoms with E-state index in [-0.39, 0.29) is 244 Å². The third kappa shape index (κ3) is 13.5. The minimum Gasteiger partial charge on any atom is -0.744 e. The third-order valence-corrected chi connectivity index (χ3v) is 8.80. The summed E-state index contributed by atoms with van der Waals surface area (Å²) in [5.41, 5.74) is -1.36. The maximum Gasteiger partial charge on any atom is 1.00 e. The number of hydrogen-bond acceptors (Lipinski definition) is 17. The molecule has 2 heterocycles. The van der Waals surface area contributed by atoms with Crippen molar-refractivity contribution < 1.29 is 266 Å². The van der Waals surface area contributed by atoms with E-state index in [0.717, 1.165) is 41.1 Å². The Kier molecular flexibility index (Phi) is 24.6. The Balaban J connectivity index is 0.00000576. The quantitative estimate of drug-likeness (QED) is 0.0443. The van der Waals surface area contributed by atoms with Crippen LogP contribution >= 0.6 is 24.1 Å². The molecule has 2 aromatic carbocycles. The first kappa shape index (κ1) is 51.9. The number of carbonyl (C=O) groups excluding carboxylic acids is 1. The average molecular weight is 857 g/mol. The number of anilines is 1. The first-order chi connectivity index (χ1) is 21.2. The van der Waals surface area contributed by atoms with E-state index in [1.807, 2.05) is 0 Å². The number of nitrogens with one attached hydrogen (secondary N) is 1. The molecule has 0 saturated heterocycles. The molecule has 0 aliphatic carbocycles. The van der Waals surface area contributed by atoms with Gasteiger partial charge in [-0.15, -0.1) is 0 Å². The molecule has 1 N–H and O–H groups in total. The molecular weight excluding hydrogens is 841 g/mol. The van der Waals surface area contributed by atoms with Gasteiger partial charge in [-0.25, -0.2) is 21.5 Å². The molecule has 0 fully saturated rings. The minimum atomic E-state index is -5.09. The summed E-state index contributed by atoms with van der Waals surface area (Å²) in [6.45, 7) is 2.89. The summed E-state index contributed by atoms with van der Waals surface area (Å²) in [5, 5.41) is 34.2. The number of rotatable bonds is 12. The number of amides is 1. The van der Waals surface area contributed by atoms with E-state index in [2.05, 4.69) is 28.9 Å². The number of aromatic amines is 1. The summed E-state index contributed by atoms with van der Waals surface area (Å²) in [7, 11) is -10.2. The number of aromatic nitrogens is 2. The molecule has 26 heteroatoms. The summed E-state index contributed by atoms with van der Waals surface area (Å²) < 4.78 is 80.3. The normalized spacial score (nSPS) is 13.8. The molecule has 1 aromatic heterocycles. The van der Waals surface area contributed by atoms with Gasteiger partial charge in [-0.2, -0.15) is 18.8 Å². The van der Waals surface area contributed by atoms with Crippen LogP contribution in [0.1, 0.15) is 18.2 Å². The van der Waals surface area contributed by atoms with Crippen molar-refractivity contribution in [2.75, 3.05) is 5.01 Å². The second kappa shape index (κ2) is 23.2. The Labute approximate surface area is 457 Å². The SMILES string of the molecule is CC1=NN(c2cc(SOO[O-])ccc2S(=O)(=O)[O-])C(=O)C1=CC=Cc1c(C)[nH]n(-c2cc(SOO[O-])ccc2S(=O)(=O)[O-])c1=O.[K+].[K+].[K+].[K+]. The average Bonchev–Trinajstić information content (AvgIpc) is 3.42. The molecule has 1 aliphatic rings. The predicted molar refractivity (Wildman–Crippen MR) is 147 cm³/mol. The number of hydrazone groups is 1. The number of carbonyl (C=O) groups is 1. The first-order valence-electron chi connectivity index (χ1n) is 11.7. The molecule has 0 atom stereocenters. The van der Waals surface area contributed by atoms with Gasteiger partial charge in [-0.1, -0.05) is 6.08 Å². The van der Waals surface area contributed by atoms with E-state index in [9.17, 15) is 46.0 Å². The van der Waals surface area contributed by atoms with Crippen LogP contribution in [0.15, 0.2) is 83.6 Å². The molecule has 0 spiro atoms. The van der Waals surface area contributed by atoms with Gasteiger partial charge in [-0.3, -0.25) is 24.8 Å². The molecular formula is C23H16K4N4O14S4. The Bertz CT molecular complexity index is 2040. The van der Waals surface area contributed by atoms with Gasteiger partial charge in [0.1, 0.15) is 20.2 Å². The first-order valence-corrected chi connectivity index (χ1v) is 16.0. The molecule has 1 amide bonds. The molecule has 0 unspecified atom stereocenters. The second-order valence-corrected chi connectivity index (χ2v) is 12.9. The third-order valence-electron chi connectivity index (χ3n) is 5.89. The second-order valence-electron chi connectivity index (χ2n) is 8.64. The predicted octanol–water partition coefficient (Wildman–Crippen LogP) is -11.9. The van der Waals surface area contributed by atoms with Crippen LogP contribution in [-0.2, 0) is 43.8 Å². The van der Waals surface area contributed by atoms with Crippen LogP contribution in [0, 0.1) is 6.92 Å². The molecule has 3 aromatic rings. The van der Waals surface area contributed by atoms with E-state index in [1.165, 1.54) is 32.1 Å². The number of nitrogens with zero attached hydrogens (tertiary/aromatic N) is 3. The van der Waals surface area contributed by atoms with E-state index >= 15 is 0 Å². The zero-order chi connectivity index (χ0) is 33.1. The molecule has 49 heavy (non-hydrogen) atoms. The monoisotopic (exact) mass is 856 g/mol. The van der Waals surface area contributed by atoms with Crippen LogP contribution < -0.4 is 227 Å². The molecule has 240 valence electrons. The molecule has 0 bridgehead atoms. The number of benzene rings is 2. The summed E-state index contributed by atoms with van der Waals surface area (Å²) in [6.07, 6.45) is 3.80. The zero-order valence-corrected chi connectivity index (χ0v) is 42.1. The number of allylic oxidation sites excluding steroid dienone is 2. The van der Waals surface area contributed by atoms with E-state index < -0.39 is 47.2 Å². The summed E-state index contributed by atoms with van der Waals surface area (Å²) in [4.78, 5) is 25.1. The summed E-state index contributed by atoms with van der Waals surface area (Å²) >= 11 is 0.774. The van der Waals surface area contributed by atoms with Crippen LogP contribution in [0.5, 0.6) is 0 Å². The number of aryl methyl sites for hydroxylation is 1. The summed E-state index contributed by atoms with van der Waals surface area (Å²) in [6, 6.07) is 6.26. The van der Waals surface area contributed by atoms with Crippen molar-refractivity contribution in [3.8, 4) is 5.69 Å². The van der Waals surface area contributed by atoms with Gasteiger partial charge >= 0.3 is 206 Å². The molecule has 1 aliphatic heterocycles. The fraction of sp³-hybridized carbons (Fsp3) is 0.0870. The Hall–Kier alpha value is 2.90. The van der Waals surface area contributed by atoms with Crippen LogP contribution in [-0.4, -0.2) is 47.3 Å². The maximum absolute atomic E-state index is 13.3. The van der Waals surface area contributed by atoms with Crippen LogP contribution in [0.4, 0.5) is 5.69 Å². The van der Waals surface area contributed by atoms with Crippen LogP contribution in [0.2, 0.25) is 0 Å². The standard InChI is InChI=1S/C23H20N4O14S4.4K/c1-12-16(22(28)26(24-12)18-10-14(42-40-38-30)6-8-20(18)44(32,33)34)4-3-5-17-13(2)25-27(23(17)29)19-11-15(43-41-39-31)7-9-21(19)45(35,36)37;;;;/h3-11,24,30-31H,1-2H3,(H,32,33,34)(H,35,36,37);;;;/q;4*+1/p-4. The van der Waals surface area contributed by atoms with Gasteiger partial charge in [0.15, 0.2) is 0 Å². The van der Waals surface area contributed by atoms with Crippen LogP contribution in [0.3, 0.4) is 0 Å². The Morgan fingerprint density at radius 1 is 0.816 bits per heavy atom. The Morgan fingerprint density at radius 2 is 1.31 bits per heavy atom. The molecule has 0 radical (unpaired) electrons. The zero-order valence-electron chi connectivity index (χ0n) is 26.4. The van der Waals surface area contributed by atoms with E-state index in [0.29, 0.717) is 29.1 Å². The van der Waals surface area contributed by atoms with E-state index in [4.69, 9.17) is 0 Å². The van der Waals surface area contributed by atoms with Gasteiger partial charge in [0, 0.05) is 15.5 Å². The smallest absolute Gasteiger partial charge is 0.744 e. The van der Waals surface area contributed by atoms with Crippen LogP contribution in [0.25, 0.3) is 11.8 Å². The number of H-pyrrole nitrogens is 1. The molecule has 4 rings (SSSR count). The van der Waals surface area contributed by atoms with Crippen molar-refractivity contribution in [2.24, 2.45) is 5.10 Å². The fourth-order valence-corrected chi connectivity index (χ4v) is 6.06. The number of hydrogen-bond donors (Lipinski definition) is 1. The largest absolute Gasteiger partial charge is 1.00 e. The van der Waals surface area contributed by atoms with Crippen molar-refractivity contribution in [1.29, 1.82) is 0 Å². The van der Waals surface area contributed by atoms with Crippen molar-refractivity contribution in [3.05, 3.63) is 75.7 Å². The topological polar surface area (TPSA) is 268 Å². The van der Waals surface area contributed by atoms with Gasteiger partial charge in [0.25, 0.3) is 11.5 Å². The summed E-state index contributed by atoms with van der Waals surface area (Å²) in [5.74, 6) is -0.850.